The Morgan fingerprint density at radius 1 is 1.10 bits per heavy atom. The molecule has 0 N–H and O–H groups in total. The second-order valence-corrected chi connectivity index (χ2v) is 7.72. The third-order valence-corrected chi connectivity index (χ3v) is 4.73. The fraction of sp³-hybridized carbons (Fsp3) is 0.667. The summed E-state index contributed by atoms with van der Waals surface area (Å²) in [4.78, 5) is 0. The van der Waals surface area contributed by atoms with E-state index in [1.165, 1.54) is 16.9 Å². The minimum Gasteiger partial charge on any atom is -0.370 e. The van der Waals surface area contributed by atoms with Gasteiger partial charge in [-0.15, -0.1) is 0 Å². The predicted molar refractivity (Wildman–Crippen MR) is 91.7 cm³/mol. The standard InChI is InChI=1S/C18H30OS/c1-14(2)13-20-12-11-19-18(5,6)17-10-8-7-9-16(17)15(3)4/h7-10,14-15H,11-13H2,1-6H3. The van der Waals surface area contributed by atoms with Crippen molar-refractivity contribution in [2.24, 2.45) is 5.92 Å². The molecule has 0 fully saturated rings. The normalized spacial score (nSPS) is 12.4. The Morgan fingerprint density at radius 2 is 1.75 bits per heavy atom. The molecule has 0 bridgehead atoms. The van der Waals surface area contributed by atoms with Crippen LogP contribution in [0.25, 0.3) is 0 Å². The zero-order chi connectivity index (χ0) is 15.2. The summed E-state index contributed by atoms with van der Waals surface area (Å²) in [6, 6.07) is 8.66. The highest BCUT2D eigenvalue weighted by Gasteiger charge is 2.24. The summed E-state index contributed by atoms with van der Waals surface area (Å²) < 4.78 is 6.17. The van der Waals surface area contributed by atoms with Crippen molar-refractivity contribution in [1.29, 1.82) is 0 Å². The molecule has 2 heteroatoms. The van der Waals surface area contributed by atoms with Crippen LogP contribution in [-0.2, 0) is 10.3 Å². The Hall–Kier alpha value is -0.470. The molecule has 1 rings (SSSR count). The molecule has 0 saturated carbocycles. The number of ether oxygens (including phenoxy) is 1. The topological polar surface area (TPSA) is 9.23 Å². The lowest BCUT2D eigenvalue weighted by molar-refractivity contribution is -0.0132. The van der Waals surface area contributed by atoms with Gasteiger partial charge in [0.2, 0.25) is 0 Å². The van der Waals surface area contributed by atoms with E-state index in [1.807, 2.05) is 11.8 Å². The number of hydrogen-bond donors (Lipinski definition) is 0. The fourth-order valence-corrected chi connectivity index (χ4v) is 3.14. The zero-order valence-electron chi connectivity index (χ0n) is 13.9. The SMILES string of the molecule is CC(C)CSCCOC(C)(C)c1ccccc1C(C)C. The molecule has 1 nitrogen and oxygen atoms in total. The van der Waals surface area contributed by atoms with Gasteiger partial charge in [0.25, 0.3) is 0 Å². The van der Waals surface area contributed by atoms with Crippen LogP contribution < -0.4 is 0 Å². The number of rotatable bonds is 8. The maximum absolute atomic E-state index is 6.17. The Labute approximate surface area is 129 Å². The average molecular weight is 295 g/mol. The minimum atomic E-state index is -0.209. The summed E-state index contributed by atoms with van der Waals surface area (Å²) in [6.07, 6.45) is 0. The molecule has 0 aliphatic rings. The van der Waals surface area contributed by atoms with Gasteiger partial charge in [-0.05, 0) is 42.6 Å². The summed E-state index contributed by atoms with van der Waals surface area (Å²) in [6.45, 7) is 14.2. The molecule has 1 aromatic rings. The van der Waals surface area contributed by atoms with Crippen molar-refractivity contribution in [2.75, 3.05) is 18.1 Å². The van der Waals surface area contributed by atoms with Crippen LogP contribution in [-0.4, -0.2) is 18.1 Å². The summed E-state index contributed by atoms with van der Waals surface area (Å²) in [5.41, 5.74) is 2.51. The van der Waals surface area contributed by atoms with Gasteiger partial charge >= 0.3 is 0 Å². The highest BCUT2D eigenvalue weighted by atomic mass is 32.2. The zero-order valence-corrected chi connectivity index (χ0v) is 14.7. The number of thioether (sulfide) groups is 1. The Balaban J connectivity index is 2.60. The molecule has 0 aliphatic carbocycles. The van der Waals surface area contributed by atoms with Gasteiger partial charge in [0.15, 0.2) is 0 Å². The van der Waals surface area contributed by atoms with E-state index in [2.05, 4.69) is 65.8 Å². The van der Waals surface area contributed by atoms with E-state index in [0.29, 0.717) is 5.92 Å². The van der Waals surface area contributed by atoms with Gasteiger partial charge in [0.1, 0.15) is 0 Å². The van der Waals surface area contributed by atoms with Crippen LogP contribution >= 0.6 is 11.8 Å². The van der Waals surface area contributed by atoms with E-state index < -0.39 is 0 Å². The minimum absolute atomic E-state index is 0.209. The molecule has 0 unspecified atom stereocenters. The van der Waals surface area contributed by atoms with Gasteiger partial charge < -0.3 is 4.74 Å². The maximum atomic E-state index is 6.17. The number of hydrogen-bond acceptors (Lipinski definition) is 2. The smallest absolute Gasteiger partial charge is 0.0878 e. The molecular formula is C18H30OS. The summed E-state index contributed by atoms with van der Waals surface area (Å²) in [7, 11) is 0. The second kappa shape index (κ2) is 8.09. The predicted octanol–water partition coefficient (Wildman–Crippen LogP) is 5.45. The fourth-order valence-electron chi connectivity index (χ4n) is 2.30. The molecule has 0 radical (unpaired) electrons. The van der Waals surface area contributed by atoms with Crippen LogP contribution in [0.15, 0.2) is 24.3 Å². The van der Waals surface area contributed by atoms with Gasteiger partial charge in [-0.25, -0.2) is 0 Å². The molecule has 20 heavy (non-hydrogen) atoms. The highest BCUT2D eigenvalue weighted by molar-refractivity contribution is 7.99. The molecular weight excluding hydrogens is 264 g/mol. The monoisotopic (exact) mass is 294 g/mol. The largest absolute Gasteiger partial charge is 0.370 e. The van der Waals surface area contributed by atoms with E-state index in [0.717, 1.165) is 18.3 Å². The first-order valence-electron chi connectivity index (χ1n) is 7.65. The van der Waals surface area contributed by atoms with E-state index in [1.54, 1.807) is 0 Å². The number of benzene rings is 1. The van der Waals surface area contributed by atoms with Gasteiger partial charge in [-0.3, -0.25) is 0 Å². The van der Waals surface area contributed by atoms with Crippen LogP contribution in [0.4, 0.5) is 0 Å². The Bertz CT molecular complexity index is 396. The summed E-state index contributed by atoms with van der Waals surface area (Å²) in [5.74, 6) is 3.58. The molecule has 0 aliphatic heterocycles. The van der Waals surface area contributed by atoms with Gasteiger partial charge in [0.05, 0.1) is 12.2 Å². The van der Waals surface area contributed by atoms with Gasteiger partial charge in [-0.1, -0.05) is 52.0 Å². The van der Waals surface area contributed by atoms with Gasteiger partial charge in [0, 0.05) is 5.75 Å². The third-order valence-electron chi connectivity index (χ3n) is 3.37. The van der Waals surface area contributed by atoms with Crippen molar-refractivity contribution in [3.63, 3.8) is 0 Å². The van der Waals surface area contributed by atoms with Crippen molar-refractivity contribution >= 4 is 11.8 Å². The molecule has 0 atom stereocenters. The first kappa shape index (κ1) is 17.6. The van der Waals surface area contributed by atoms with Crippen molar-refractivity contribution < 1.29 is 4.74 Å². The summed E-state index contributed by atoms with van der Waals surface area (Å²) in [5, 5.41) is 0. The molecule has 0 heterocycles. The lowest BCUT2D eigenvalue weighted by Gasteiger charge is -2.29. The van der Waals surface area contributed by atoms with Crippen molar-refractivity contribution in [2.45, 2.75) is 53.1 Å². The van der Waals surface area contributed by atoms with Crippen molar-refractivity contribution in [1.82, 2.24) is 0 Å². The van der Waals surface area contributed by atoms with Crippen LogP contribution in [0.5, 0.6) is 0 Å². The molecule has 114 valence electrons. The molecule has 1 aromatic carbocycles. The summed E-state index contributed by atoms with van der Waals surface area (Å²) >= 11 is 1.98. The van der Waals surface area contributed by atoms with Crippen molar-refractivity contribution in [3.8, 4) is 0 Å². The van der Waals surface area contributed by atoms with Crippen LogP contribution in [0.3, 0.4) is 0 Å². The molecule has 0 saturated heterocycles. The maximum Gasteiger partial charge on any atom is 0.0878 e. The Morgan fingerprint density at radius 3 is 2.35 bits per heavy atom. The van der Waals surface area contributed by atoms with E-state index in [9.17, 15) is 0 Å². The second-order valence-electron chi connectivity index (χ2n) is 6.57. The van der Waals surface area contributed by atoms with E-state index in [-0.39, 0.29) is 5.60 Å². The Kier molecular flexibility index (Phi) is 7.11. The first-order chi connectivity index (χ1) is 9.34. The third kappa shape index (κ3) is 5.49. The lowest BCUT2D eigenvalue weighted by Crippen LogP contribution is -2.25. The van der Waals surface area contributed by atoms with Crippen LogP contribution in [0, 0.1) is 5.92 Å². The van der Waals surface area contributed by atoms with E-state index in [4.69, 9.17) is 4.74 Å². The van der Waals surface area contributed by atoms with Crippen molar-refractivity contribution in [3.05, 3.63) is 35.4 Å². The van der Waals surface area contributed by atoms with Crippen LogP contribution in [0.1, 0.15) is 58.6 Å². The molecule has 0 spiro atoms. The van der Waals surface area contributed by atoms with Crippen LogP contribution in [0.2, 0.25) is 0 Å². The molecule has 0 amide bonds. The first-order valence-corrected chi connectivity index (χ1v) is 8.81. The highest BCUT2D eigenvalue weighted by Crippen LogP contribution is 2.31. The molecule has 0 aromatic heterocycles. The quantitative estimate of drug-likeness (QED) is 0.589. The van der Waals surface area contributed by atoms with E-state index >= 15 is 0 Å². The van der Waals surface area contributed by atoms with Gasteiger partial charge in [-0.2, -0.15) is 11.8 Å². The lowest BCUT2D eigenvalue weighted by atomic mass is 9.88. The average Bonchev–Trinajstić information content (AvgIpc) is 2.37.